The number of hydrogen-bond acceptors (Lipinski definition) is 2. The molecule has 0 saturated carbocycles. The number of nitrogens with two attached hydrogens (primary N) is 1. The summed E-state index contributed by atoms with van der Waals surface area (Å²) in [5.74, 6) is -1.34. The Labute approximate surface area is 76.3 Å². The second-order valence-electron chi connectivity index (χ2n) is 2.55. The van der Waals surface area contributed by atoms with Crippen LogP contribution in [-0.4, -0.2) is 6.29 Å². The maximum Gasteiger partial charge on any atom is 0.417 e. The van der Waals surface area contributed by atoms with E-state index in [2.05, 4.69) is 0 Å². The molecule has 0 radical (unpaired) electrons. The molecule has 0 aliphatic carbocycles. The highest BCUT2D eigenvalue weighted by Gasteiger charge is 2.34. The van der Waals surface area contributed by atoms with E-state index in [9.17, 15) is 22.4 Å². The third-order valence-corrected chi connectivity index (χ3v) is 1.63. The van der Waals surface area contributed by atoms with Gasteiger partial charge in [-0.2, -0.15) is 13.2 Å². The predicted molar refractivity (Wildman–Crippen MR) is 41.2 cm³/mol. The Balaban J connectivity index is 3.47. The maximum atomic E-state index is 12.9. The van der Waals surface area contributed by atoms with Gasteiger partial charge < -0.3 is 5.73 Å². The summed E-state index contributed by atoms with van der Waals surface area (Å²) in [6.07, 6.45) is -4.96. The fourth-order valence-electron chi connectivity index (χ4n) is 0.972. The molecule has 2 N–H and O–H groups in total. The summed E-state index contributed by atoms with van der Waals surface area (Å²) in [6, 6.07) is 1.34. The second-order valence-corrected chi connectivity index (χ2v) is 2.55. The quantitative estimate of drug-likeness (QED) is 0.436. The van der Waals surface area contributed by atoms with E-state index in [1.54, 1.807) is 0 Å². The van der Waals surface area contributed by atoms with Crippen molar-refractivity contribution in [2.24, 2.45) is 0 Å². The Hall–Kier alpha value is -1.59. The Kier molecular flexibility index (Phi) is 2.46. The van der Waals surface area contributed by atoms with E-state index in [1.165, 1.54) is 0 Å². The van der Waals surface area contributed by atoms with Gasteiger partial charge in [0.05, 0.1) is 16.8 Å². The van der Waals surface area contributed by atoms with Crippen LogP contribution in [0.4, 0.5) is 23.2 Å². The number of alkyl halides is 3. The molecule has 1 aromatic carbocycles. The molecule has 6 heteroatoms. The van der Waals surface area contributed by atoms with E-state index in [-0.39, 0.29) is 6.29 Å². The van der Waals surface area contributed by atoms with Crippen LogP contribution in [0.1, 0.15) is 15.9 Å². The van der Waals surface area contributed by atoms with E-state index >= 15 is 0 Å². The topological polar surface area (TPSA) is 43.1 Å². The van der Waals surface area contributed by atoms with Crippen molar-refractivity contribution < 1.29 is 22.4 Å². The molecule has 0 aliphatic rings. The molecule has 0 spiro atoms. The lowest BCUT2D eigenvalue weighted by Crippen LogP contribution is -2.11. The van der Waals surface area contributed by atoms with Crippen molar-refractivity contribution in [2.75, 3.05) is 5.73 Å². The van der Waals surface area contributed by atoms with E-state index in [4.69, 9.17) is 5.73 Å². The standard InChI is InChI=1S/C8H5F4NO/c9-7-4(3-14)5(8(10,11)12)1-2-6(7)13/h1-3H,13H2. The third kappa shape index (κ3) is 1.68. The lowest BCUT2D eigenvalue weighted by molar-refractivity contribution is -0.138. The molecule has 0 bridgehead atoms. The molecular weight excluding hydrogens is 202 g/mol. The molecule has 0 atom stereocenters. The molecule has 2 nitrogen and oxygen atoms in total. The Morgan fingerprint density at radius 1 is 1.29 bits per heavy atom. The molecule has 1 rings (SSSR count). The van der Waals surface area contributed by atoms with Crippen LogP contribution < -0.4 is 5.73 Å². The zero-order valence-corrected chi connectivity index (χ0v) is 6.73. The minimum Gasteiger partial charge on any atom is -0.396 e. The van der Waals surface area contributed by atoms with Crippen LogP contribution in [0.2, 0.25) is 0 Å². The molecule has 0 aromatic heterocycles. The number of aldehydes is 1. The van der Waals surface area contributed by atoms with E-state index in [0.29, 0.717) is 6.07 Å². The Morgan fingerprint density at radius 2 is 1.86 bits per heavy atom. The average molecular weight is 207 g/mol. The lowest BCUT2D eigenvalue weighted by atomic mass is 10.1. The van der Waals surface area contributed by atoms with Crippen LogP contribution in [-0.2, 0) is 6.18 Å². The normalized spacial score (nSPS) is 11.4. The lowest BCUT2D eigenvalue weighted by Gasteiger charge is -2.10. The van der Waals surface area contributed by atoms with Crippen LogP contribution in [0, 0.1) is 5.82 Å². The summed E-state index contributed by atoms with van der Waals surface area (Å²) in [7, 11) is 0. The number of benzene rings is 1. The van der Waals surface area contributed by atoms with Crippen molar-refractivity contribution in [3.05, 3.63) is 29.1 Å². The largest absolute Gasteiger partial charge is 0.417 e. The predicted octanol–water partition coefficient (Wildman–Crippen LogP) is 2.24. The summed E-state index contributed by atoms with van der Waals surface area (Å²) >= 11 is 0. The van der Waals surface area contributed by atoms with Crippen molar-refractivity contribution in [1.29, 1.82) is 0 Å². The van der Waals surface area contributed by atoms with Crippen molar-refractivity contribution in [3.8, 4) is 0 Å². The SMILES string of the molecule is Nc1ccc(C(F)(F)F)c(C=O)c1F. The average Bonchev–Trinajstić information content (AvgIpc) is 2.07. The summed E-state index contributed by atoms with van der Waals surface area (Å²) < 4.78 is 49.5. The van der Waals surface area contributed by atoms with Gasteiger partial charge in [0.25, 0.3) is 0 Å². The van der Waals surface area contributed by atoms with Crippen LogP contribution in [0.15, 0.2) is 12.1 Å². The minimum atomic E-state index is -4.76. The molecule has 0 saturated heterocycles. The van der Waals surface area contributed by atoms with Gasteiger partial charge in [-0.05, 0) is 12.1 Å². The fraction of sp³-hybridized carbons (Fsp3) is 0.125. The minimum absolute atomic E-state index is 0.200. The van der Waals surface area contributed by atoms with Crippen LogP contribution >= 0.6 is 0 Å². The van der Waals surface area contributed by atoms with Crippen LogP contribution in [0.25, 0.3) is 0 Å². The molecule has 0 heterocycles. The van der Waals surface area contributed by atoms with Gasteiger partial charge >= 0.3 is 6.18 Å². The number of carbonyl (C=O) groups excluding carboxylic acids is 1. The number of anilines is 1. The second kappa shape index (κ2) is 3.28. The van der Waals surface area contributed by atoms with Gasteiger partial charge in [0.15, 0.2) is 12.1 Å². The first-order valence-electron chi connectivity index (χ1n) is 3.48. The number of hydrogen-bond donors (Lipinski definition) is 1. The maximum absolute atomic E-state index is 12.9. The van der Waals surface area contributed by atoms with Gasteiger partial charge in [-0.3, -0.25) is 4.79 Å². The summed E-state index contributed by atoms with van der Waals surface area (Å²) in [5.41, 5.74) is 2.14. The Morgan fingerprint density at radius 3 is 2.29 bits per heavy atom. The fourth-order valence-corrected chi connectivity index (χ4v) is 0.972. The molecule has 0 fully saturated rings. The third-order valence-electron chi connectivity index (χ3n) is 1.63. The van der Waals surface area contributed by atoms with Crippen molar-refractivity contribution in [1.82, 2.24) is 0 Å². The smallest absolute Gasteiger partial charge is 0.396 e. The van der Waals surface area contributed by atoms with Gasteiger partial charge in [-0.25, -0.2) is 4.39 Å². The van der Waals surface area contributed by atoms with Gasteiger partial charge in [0, 0.05) is 0 Å². The molecule has 0 aliphatic heterocycles. The monoisotopic (exact) mass is 207 g/mol. The highest BCUT2D eigenvalue weighted by Crippen LogP contribution is 2.33. The number of halogens is 4. The molecule has 0 unspecified atom stereocenters. The molecular formula is C8H5F4NO. The first-order valence-corrected chi connectivity index (χ1v) is 3.48. The highest BCUT2D eigenvalue weighted by molar-refractivity contribution is 5.80. The number of rotatable bonds is 1. The zero-order chi connectivity index (χ0) is 10.9. The molecule has 0 amide bonds. The highest BCUT2D eigenvalue weighted by atomic mass is 19.4. The van der Waals surface area contributed by atoms with Gasteiger partial charge in [0.1, 0.15) is 0 Å². The van der Waals surface area contributed by atoms with Crippen molar-refractivity contribution in [3.63, 3.8) is 0 Å². The van der Waals surface area contributed by atoms with Crippen molar-refractivity contribution in [2.45, 2.75) is 6.18 Å². The first-order chi connectivity index (χ1) is 6.38. The summed E-state index contributed by atoms with van der Waals surface area (Å²) in [6.45, 7) is 0. The van der Waals surface area contributed by atoms with E-state index in [0.717, 1.165) is 6.07 Å². The van der Waals surface area contributed by atoms with Gasteiger partial charge in [-0.15, -0.1) is 0 Å². The number of nitrogen functional groups attached to an aromatic ring is 1. The summed E-state index contributed by atoms with van der Waals surface area (Å²) in [5, 5.41) is 0. The van der Waals surface area contributed by atoms with Crippen LogP contribution in [0.5, 0.6) is 0 Å². The van der Waals surface area contributed by atoms with E-state index in [1.807, 2.05) is 0 Å². The van der Waals surface area contributed by atoms with Gasteiger partial charge in [-0.1, -0.05) is 0 Å². The Bertz CT molecular complexity index is 372. The van der Waals surface area contributed by atoms with Crippen LogP contribution in [0.3, 0.4) is 0 Å². The van der Waals surface area contributed by atoms with Crippen molar-refractivity contribution >= 4 is 12.0 Å². The van der Waals surface area contributed by atoms with Gasteiger partial charge in [0.2, 0.25) is 0 Å². The molecule has 14 heavy (non-hydrogen) atoms. The van der Waals surface area contributed by atoms with E-state index < -0.39 is 28.8 Å². The summed E-state index contributed by atoms with van der Waals surface area (Å²) in [4.78, 5) is 10.3. The first kappa shape index (κ1) is 10.5. The zero-order valence-electron chi connectivity index (χ0n) is 6.73. The number of carbonyl (C=O) groups is 1. The molecule has 76 valence electrons. The molecule has 1 aromatic rings.